The summed E-state index contributed by atoms with van der Waals surface area (Å²) in [6, 6.07) is 4.14. The molecule has 1 aromatic rings. The Hall–Kier alpha value is -1.42. The minimum Gasteiger partial charge on any atom is -0.330 e. The quantitative estimate of drug-likeness (QED) is 0.486. The van der Waals surface area contributed by atoms with Crippen molar-refractivity contribution < 1.29 is 0 Å². The van der Waals surface area contributed by atoms with E-state index in [0.29, 0.717) is 5.03 Å². The van der Waals surface area contributed by atoms with Crippen molar-refractivity contribution >= 4 is 11.6 Å². The van der Waals surface area contributed by atoms with Gasteiger partial charge in [0.2, 0.25) is 0 Å². The lowest BCUT2D eigenvalue weighted by Gasteiger charge is -2.29. The fourth-order valence-electron chi connectivity index (χ4n) is 2.75. The summed E-state index contributed by atoms with van der Waals surface area (Å²) in [4.78, 5) is 4.59. The molecule has 1 heterocycles. The van der Waals surface area contributed by atoms with Crippen molar-refractivity contribution in [3.05, 3.63) is 65.0 Å². The normalized spacial score (nSPS) is 12.8. The fourth-order valence-corrected chi connectivity index (χ4v) is 2.81. The summed E-state index contributed by atoms with van der Waals surface area (Å²) in [6.45, 7) is 12.6. The monoisotopic (exact) mass is 347 g/mol. The summed E-state index contributed by atoms with van der Waals surface area (Å²) in [5.41, 5.74) is 8.84. The first-order valence-electron chi connectivity index (χ1n) is 8.48. The van der Waals surface area contributed by atoms with Crippen LogP contribution < -0.4 is 11.1 Å². The molecule has 0 amide bonds. The molecule has 132 valence electrons. The molecule has 0 spiro atoms. The van der Waals surface area contributed by atoms with E-state index in [-0.39, 0.29) is 5.41 Å². The molecule has 1 rings (SSSR count). The third-order valence-electron chi connectivity index (χ3n) is 4.14. The highest BCUT2D eigenvalue weighted by molar-refractivity contribution is 6.30. The lowest BCUT2D eigenvalue weighted by Crippen LogP contribution is -2.25. The van der Waals surface area contributed by atoms with E-state index in [1.807, 2.05) is 31.3 Å². The van der Waals surface area contributed by atoms with Crippen molar-refractivity contribution in [2.24, 2.45) is 5.73 Å². The molecule has 4 heteroatoms. The molecular formula is C20H30ClN3. The molecule has 0 aliphatic carbocycles. The van der Waals surface area contributed by atoms with Crippen LogP contribution in [-0.4, -0.2) is 18.1 Å². The van der Waals surface area contributed by atoms with Gasteiger partial charge in [-0.1, -0.05) is 50.2 Å². The molecule has 0 aromatic carbocycles. The number of hydrogen-bond donors (Lipinski definition) is 2. The van der Waals surface area contributed by atoms with E-state index in [1.54, 1.807) is 0 Å². The molecule has 0 saturated carbocycles. The first-order valence-corrected chi connectivity index (χ1v) is 8.85. The lowest BCUT2D eigenvalue weighted by atomic mass is 9.76. The van der Waals surface area contributed by atoms with Gasteiger partial charge in [0.05, 0.1) is 5.69 Å². The molecule has 0 bridgehead atoms. The van der Waals surface area contributed by atoms with Crippen molar-refractivity contribution in [2.75, 3.05) is 13.1 Å². The van der Waals surface area contributed by atoms with E-state index in [9.17, 15) is 0 Å². The Morgan fingerprint density at radius 1 is 1.38 bits per heavy atom. The highest BCUT2D eigenvalue weighted by Gasteiger charge is 2.26. The number of pyridine rings is 1. The minimum atomic E-state index is -0.167. The molecule has 3 nitrogen and oxygen atoms in total. The van der Waals surface area contributed by atoms with E-state index in [4.69, 9.17) is 17.3 Å². The smallest absolute Gasteiger partial charge is 0.0582 e. The summed E-state index contributed by atoms with van der Waals surface area (Å²) < 4.78 is 0. The van der Waals surface area contributed by atoms with Gasteiger partial charge >= 0.3 is 0 Å². The first kappa shape index (κ1) is 20.6. The van der Waals surface area contributed by atoms with Gasteiger partial charge in [-0.05, 0) is 56.1 Å². The highest BCUT2D eigenvalue weighted by Crippen LogP contribution is 2.34. The summed E-state index contributed by atoms with van der Waals surface area (Å²) in [7, 11) is 0. The van der Waals surface area contributed by atoms with Crippen LogP contribution >= 0.6 is 11.6 Å². The highest BCUT2D eigenvalue weighted by atomic mass is 35.5. The van der Waals surface area contributed by atoms with Crippen LogP contribution in [0.4, 0.5) is 0 Å². The van der Waals surface area contributed by atoms with Gasteiger partial charge in [-0.15, -0.1) is 0 Å². The van der Waals surface area contributed by atoms with Gasteiger partial charge in [-0.3, -0.25) is 4.98 Å². The van der Waals surface area contributed by atoms with Crippen LogP contribution in [0.5, 0.6) is 0 Å². The third-order valence-corrected chi connectivity index (χ3v) is 4.27. The second-order valence-electron chi connectivity index (χ2n) is 6.32. The van der Waals surface area contributed by atoms with Gasteiger partial charge in [0.25, 0.3) is 0 Å². The van der Waals surface area contributed by atoms with Gasteiger partial charge in [-0.2, -0.15) is 0 Å². The molecule has 0 atom stereocenters. The van der Waals surface area contributed by atoms with Gasteiger partial charge in [0.15, 0.2) is 0 Å². The van der Waals surface area contributed by atoms with E-state index in [2.05, 4.69) is 42.9 Å². The molecule has 0 radical (unpaired) electrons. The van der Waals surface area contributed by atoms with Crippen molar-refractivity contribution in [3.63, 3.8) is 0 Å². The Bertz CT molecular complexity index is 588. The Kier molecular flexibility index (Phi) is 8.98. The standard InChI is InChI=1S/C20H30ClN3/c1-5-17(11-10-16(2)21)20(3,4)18-9-8-14-24-19(18)15-23-13-7-6-12-22/h5,8-11,14,23H,2,6-7,12-13,15,22H2,1,3-4H3/b11-10-,17-5?. The number of hydrogen-bond acceptors (Lipinski definition) is 3. The number of nitrogens with zero attached hydrogens (tertiary/aromatic N) is 1. The summed E-state index contributed by atoms with van der Waals surface area (Å²) >= 11 is 5.88. The van der Waals surface area contributed by atoms with Crippen molar-refractivity contribution in [3.8, 4) is 0 Å². The van der Waals surface area contributed by atoms with Crippen molar-refractivity contribution in [2.45, 2.75) is 45.6 Å². The third kappa shape index (κ3) is 6.23. The Morgan fingerprint density at radius 3 is 2.75 bits per heavy atom. The van der Waals surface area contributed by atoms with Crippen LogP contribution in [0.15, 0.2) is 53.7 Å². The van der Waals surface area contributed by atoms with Crippen molar-refractivity contribution in [1.82, 2.24) is 10.3 Å². The predicted octanol–water partition coefficient (Wildman–Crippen LogP) is 4.44. The molecule has 3 N–H and O–H groups in total. The van der Waals surface area contributed by atoms with Gasteiger partial charge in [0, 0.05) is 23.2 Å². The zero-order valence-electron chi connectivity index (χ0n) is 15.1. The molecular weight excluding hydrogens is 318 g/mol. The van der Waals surface area contributed by atoms with Crippen LogP contribution in [0.25, 0.3) is 0 Å². The van der Waals surface area contributed by atoms with E-state index in [0.717, 1.165) is 38.2 Å². The van der Waals surface area contributed by atoms with E-state index >= 15 is 0 Å². The molecule has 0 fully saturated rings. The van der Waals surface area contributed by atoms with Gasteiger partial charge in [0.1, 0.15) is 0 Å². The Balaban J connectivity index is 2.96. The maximum atomic E-state index is 5.88. The van der Waals surface area contributed by atoms with Crippen LogP contribution in [0, 0.1) is 0 Å². The zero-order chi connectivity index (χ0) is 18.0. The largest absolute Gasteiger partial charge is 0.330 e. The first-order chi connectivity index (χ1) is 11.4. The average molecular weight is 348 g/mol. The Labute approximate surface area is 151 Å². The zero-order valence-corrected chi connectivity index (χ0v) is 15.9. The average Bonchev–Trinajstić information content (AvgIpc) is 2.55. The Morgan fingerprint density at radius 2 is 2.12 bits per heavy atom. The van der Waals surface area contributed by atoms with Gasteiger partial charge < -0.3 is 11.1 Å². The number of halogens is 1. The van der Waals surface area contributed by atoms with Crippen LogP contribution in [-0.2, 0) is 12.0 Å². The lowest BCUT2D eigenvalue weighted by molar-refractivity contribution is 0.587. The minimum absolute atomic E-state index is 0.167. The molecule has 0 unspecified atom stereocenters. The molecule has 0 aliphatic rings. The maximum Gasteiger partial charge on any atom is 0.0582 e. The molecule has 0 saturated heterocycles. The number of aromatic nitrogens is 1. The topological polar surface area (TPSA) is 50.9 Å². The summed E-state index contributed by atoms with van der Waals surface area (Å²) in [5.74, 6) is 0. The van der Waals surface area contributed by atoms with E-state index < -0.39 is 0 Å². The summed E-state index contributed by atoms with van der Waals surface area (Å²) in [6.07, 6.45) is 9.96. The number of nitrogens with one attached hydrogen (secondary N) is 1. The van der Waals surface area contributed by atoms with E-state index in [1.165, 1.54) is 11.1 Å². The predicted molar refractivity (Wildman–Crippen MR) is 105 cm³/mol. The number of nitrogens with two attached hydrogens (primary N) is 1. The molecule has 0 aliphatic heterocycles. The molecule has 1 aromatic heterocycles. The molecule has 24 heavy (non-hydrogen) atoms. The fraction of sp³-hybridized carbons (Fsp3) is 0.450. The SMILES string of the molecule is C=C(Cl)/C=C\C(=CC)C(C)(C)c1cccnc1CNCCCCN. The second-order valence-corrected chi connectivity index (χ2v) is 6.80. The van der Waals surface area contributed by atoms with Gasteiger partial charge in [-0.25, -0.2) is 0 Å². The number of unbranched alkanes of at least 4 members (excludes halogenated alkanes) is 1. The van der Waals surface area contributed by atoms with Crippen LogP contribution in [0.1, 0.15) is 44.9 Å². The van der Waals surface area contributed by atoms with Crippen LogP contribution in [0.3, 0.4) is 0 Å². The summed E-state index contributed by atoms with van der Waals surface area (Å²) in [5, 5.41) is 3.99. The maximum absolute atomic E-state index is 5.88. The van der Waals surface area contributed by atoms with Crippen LogP contribution in [0.2, 0.25) is 0 Å². The van der Waals surface area contributed by atoms with Crippen molar-refractivity contribution in [1.29, 1.82) is 0 Å². The number of allylic oxidation sites excluding steroid dienone is 5. The second kappa shape index (κ2) is 10.4. The number of rotatable bonds is 10.